The second-order valence-electron chi connectivity index (χ2n) is 4.27. The molecule has 0 aliphatic rings. The van der Waals surface area contributed by atoms with Crippen LogP contribution in [-0.2, 0) is 0 Å². The number of carbonyl (C=O) groups is 1. The monoisotopic (exact) mass is 378 g/mol. The van der Waals surface area contributed by atoms with Crippen molar-refractivity contribution in [3.63, 3.8) is 0 Å². The highest BCUT2D eigenvalue weighted by Gasteiger charge is 2.34. The lowest BCUT2D eigenvalue weighted by Crippen LogP contribution is -2.49. The number of hydrogen-bond acceptors (Lipinski definition) is 4. The van der Waals surface area contributed by atoms with Crippen LogP contribution in [0.25, 0.3) is 0 Å². The molecule has 0 saturated heterocycles. The molecule has 0 fully saturated rings. The van der Waals surface area contributed by atoms with Gasteiger partial charge in [-0.05, 0) is 23.6 Å². The van der Waals surface area contributed by atoms with Crippen LogP contribution in [0.3, 0.4) is 0 Å². The Hall–Kier alpha value is -1.14. The number of para-hydroxylation sites is 2. The topological polar surface area (TPSA) is 50.4 Å². The van der Waals surface area contributed by atoms with Gasteiger partial charge >= 0.3 is 0 Å². The molecule has 2 N–H and O–H groups in total. The number of thiophene rings is 1. The molecule has 2 aromatic rings. The third kappa shape index (κ3) is 4.43. The molecule has 0 saturated carbocycles. The quantitative estimate of drug-likeness (QED) is 0.602. The molecule has 118 valence electrons. The van der Waals surface area contributed by atoms with E-state index in [-0.39, 0.29) is 5.91 Å². The highest BCUT2D eigenvalue weighted by atomic mass is 35.6. The summed E-state index contributed by atoms with van der Waals surface area (Å²) in [7, 11) is 1.54. The van der Waals surface area contributed by atoms with Gasteiger partial charge in [0.25, 0.3) is 5.91 Å². The maximum Gasteiger partial charge on any atom is 0.263 e. The lowest BCUT2D eigenvalue weighted by Gasteiger charge is -2.27. The van der Waals surface area contributed by atoms with Crippen molar-refractivity contribution in [2.75, 3.05) is 12.4 Å². The van der Waals surface area contributed by atoms with Crippen LogP contribution >= 0.6 is 46.1 Å². The molecule has 22 heavy (non-hydrogen) atoms. The van der Waals surface area contributed by atoms with E-state index in [1.807, 2.05) is 6.07 Å². The molecule has 1 aromatic carbocycles. The van der Waals surface area contributed by atoms with Gasteiger partial charge in [0.2, 0.25) is 3.79 Å². The normalized spacial score (nSPS) is 12.5. The summed E-state index contributed by atoms with van der Waals surface area (Å²) in [6.07, 6.45) is -0.927. The number of rotatable bonds is 5. The smallest absolute Gasteiger partial charge is 0.263 e. The second kappa shape index (κ2) is 7.42. The van der Waals surface area contributed by atoms with Crippen molar-refractivity contribution >= 4 is 57.7 Å². The summed E-state index contributed by atoms with van der Waals surface area (Å²) < 4.78 is 3.49. The number of methoxy groups -OCH3 is 1. The molecule has 0 radical (unpaired) electrons. The van der Waals surface area contributed by atoms with Gasteiger partial charge in [-0.3, -0.25) is 4.79 Å². The fourth-order valence-electron chi connectivity index (χ4n) is 1.73. The average Bonchev–Trinajstić information content (AvgIpc) is 3.00. The van der Waals surface area contributed by atoms with E-state index in [0.717, 1.165) is 0 Å². The van der Waals surface area contributed by atoms with Gasteiger partial charge in [-0.2, -0.15) is 0 Å². The summed E-state index contributed by atoms with van der Waals surface area (Å²) >= 11 is 19.2. The molecule has 0 spiro atoms. The van der Waals surface area contributed by atoms with Crippen LogP contribution in [-0.4, -0.2) is 23.0 Å². The summed E-state index contributed by atoms with van der Waals surface area (Å²) in [5.74, 6) is 0.251. The van der Waals surface area contributed by atoms with Gasteiger partial charge in [0.15, 0.2) is 0 Å². The Morgan fingerprint density at radius 3 is 2.55 bits per heavy atom. The number of nitrogens with one attached hydrogen (secondary N) is 2. The standard InChI is InChI=1S/C14H13Cl3N2O2S/c1-21-10-6-3-2-5-9(10)18-13(14(15,16)17)19-12(20)11-7-4-8-22-11/h2-8,13,18H,1H3,(H,19,20)/t13-/m0/s1. The van der Waals surface area contributed by atoms with Crippen molar-refractivity contribution in [3.05, 3.63) is 46.7 Å². The predicted octanol–water partition coefficient (Wildman–Crippen LogP) is 4.29. The Bertz CT molecular complexity index is 629. The SMILES string of the molecule is COc1ccccc1N[C@@H](NC(=O)c1cccs1)C(Cl)(Cl)Cl. The lowest BCUT2D eigenvalue weighted by molar-refractivity contribution is 0.0946. The third-order valence-corrected chi connectivity index (χ3v) is 4.28. The van der Waals surface area contributed by atoms with Crippen LogP contribution in [0.2, 0.25) is 0 Å². The van der Waals surface area contributed by atoms with E-state index in [2.05, 4.69) is 10.6 Å². The highest BCUT2D eigenvalue weighted by molar-refractivity contribution is 7.12. The summed E-state index contributed by atoms with van der Waals surface area (Å²) in [6, 6.07) is 10.6. The van der Waals surface area contributed by atoms with Crippen molar-refractivity contribution in [2.24, 2.45) is 0 Å². The van der Waals surface area contributed by atoms with Crippen LogP contribution in [0.5, 0.6) is 5.75 Å². The van der Waals surface area contributed by atoms with E-state index in [9.17, 15) is 4.79 Å². The molecule has 1 aromatic heterocycles. The molecule has 0 aliphatic heterocycles. The van der Waals surface area contributed by atoms with Gasteiger partial charge in [0.05, 0.1) is 17.7 Å². The Kier molecular flexibility index (Phi) is 5.81. The van der Waals surface area contributed by atoms with Crippen LogP contribution < -0.4 is 15.4 Å². The van der Waals surface area contributed by atoms with Crippen LogP contribution in [0.1, 0.15) is 9.67 Å². The first-order valence-electron chi connectivity index (χ1n) is 6.22. The molecule has 0 aliphatic carbocycles. The largest absolute Gasteiger partial charge is 0.495 e. The van der Waals surface area contributed by atoms with E-state index in [1.54, 1.807) is 35.7 Å². The molecular weight excluding hydrogens is 367 g/mol. The summed E-state index contributed by atoms with van der Waals surface area (Å²) in [5.41, 5.74) is 0.604. The van der Waals surface area contributed by atoms with E-state index in [0.29, 0.717) is 16.3 Å². The number of anilines is 1. The van der Waals surface area contributed by atoms with Crippen molar-refractivity contribution in [3.8, 4) is 5.75 Å². The lowest BCUT2D eigenvalue weighted by atomic mass is 10.3. The maximum absolute atomic E-state index is 12.2. The van der Waals surface area contributed by atoms with Crippen LogP contribution in [0, 0.1) is 0 Å². The zero-order chi connectivity index (χ0) is 16.2. The van der Waals surface area contributed by atoms with Gasteiger partial charge in [-0.15, -0.1) is 11.3 Å². The molecule has 0 unspecified atom stereocenters. The van der Waals surface area contributed by atoms with Gasteiger partial charge in [-0.1, -0.05) is 53.0 Å². The molecular formula is C14H13Cl3N2O2S. The Morgan fingerprint density at radius 2 is 1.95 bits per heavy atom. The molecule has 0 bridgehead atoms. The number of carbonyl (C=O) groups excluding carboxylic acids is 1. The number of ether oxygens (including phenoxy) is 1. The first-order chi connectivity index (χ1) is 10.4. The number of hydrogen-bond donors (Lipinski definition) is 2. The number of benzene rings is 1. The minimum atomic E-state index is -1.74. The predicted molar refractivity (Wildman–Crippen MR) is 92.5 cm³/mol. The molecule has 1 amide bonds. The average molecular weight is 380 g/mol. The van der Waals surface area contributed by atoms with Gasteiger partial charge in [0, 0.05) is 0 Å². The third-order valence-electron chi connectivity index (χ3n) is 2.75. The van der Waals surface area contributed by atoms with Crippen LogP contribution in [0.15, 0.2) is 41.8 Å². The zero-order valence-corrected chi connectivity index (χ0v) is 14.6. The van der Waals surface area contributed by atoms with E-state index >= 15 is 0 Å². The van der Waals surface area contributed by atoms with Crippen LogP contribution in [0.4, 0.5) is 5.69 Å². The Morgan fingerprint density at radius 1 is 1.23 bits per heavy atom. The Balaban J connectivity index is 2.18. The molecule has 2 rings (SSSR count). The second-order valence-corrected chi connectivity index (χ2v) is 7.59. The maximum atomic E-state index is 12.2. The first kappa shape index (κ1) is 17.2. The zero-order valence-electron chi connectivity index (χ0n) is 11.5. The van der Waals surface area contributed by atoms with Gasteiger partial charge in [-0.25, -0.2) is 0 Å². The molecule has 4 nitrogen and oxygen atoms in total. The molecule has 8 heteroatoms. The van der Waals surface area contributed by atoms with Crippen molar-refractivity contribution in [1.82, 2.24) is 5.32 Å². The van der Waals surface area contributed by atoms with Crippen molar-refractivity contribution in [1.29, 1.82) is 0 Å². The molecule has 1 heterocycles. The Labute approximate surface area is 147 Å². The number of halogens is 3. The van der Waals surface area contributed by atoms with E-state index < -0.39 is 9.96 Å². The van der Waals surface area contributed by atoms with E-state index in [4.69, 9.17) is 39.5 Å². The number of alkyl halides is 3. The fourth-order valence-corrected chi connectivity index (χ4v) is 2.68. The van der Waals surface area contributed by atoms with E-state index in [1.165, 1.54) is 18.4 Å². The minimum absolute atomic E-state index is 0.325. The van der Waals surface area contributed by atoms with Gasteiger partial charge in [0.1, 0.15) is 11.9 Å². The number of amides is 1. The summed E-state index contributed by atoms with van der Waals surface area (Å²) in [6.45, 7) is 0. The summed E-state index contributed by atoms with van der Waals surface area (Å²) in [4.78, 5) is 12.7. The fraction of sp³-hybridized carbons (Fsp3) is 0.214. The molecule has 1 atom stereocenters. The minimum Gasteiger partial charge on any atom is -0.495 e. The van der Waals surface area contributed by atoms with Crippen molar-refractivity contribution in [2.45, 2.75) is 9.96 Å². The first-order valence-corrected chi connectivity index (χ1v) is 8.24. The summed E-state index contributed by atoms with van der Waals surface area (Å²) in [5, 5.41) is 7.45. The van der Waals surface area contributed by atoms with Crippen molar-refractivity contribution < 1.29 is 9.53 Å². The highest BCUT2D eigenvalue weighted by Crippen LogP contribution is 2.33. The van der Waals surface area contributed by atoms with Gasteiger partial charge < -0.3 is 15.4 Å².